The predicted octanol–water partition coefficient (Wildman–Crippen LogP) is 2.82. The minimum Gasteiger partial charge on any atom is -0.450 e. The Morgan fingerprint density at radius 1 is 1.46 bits per heavy atom. The summed E-state index contributed by atoms with van der Waals surface area (Å²) in [5, 5.41) is 8.44. The lowest BCUT2D eigenvalue weighted by atomic mass is 9.95. The normalized spacial score (nSPS) is 29.0. The van der Waals surface area contributed by atoms with Crippen molar-refractivity contribution in [2.24, 2.45) is 5.92 Å². The molecule has 1 aliphatic rings. The van der Waals surface area contributed by atoms with Crippen LogP contribution in [-0.2, 0) is 4.74 Å². The Morgan fingerprint density at radius 2 is 2.23 bits per heavy atom. The van der Waals surface area contributed by atoms with E-state index in [0.29, 0.717) is 5.92 Å². The first-order chi connectivity index (χ1) is 6.18. The van der Waals surface area contributed by atoms with Crippen LogP contribution in [0.1, 0.15) is 32.6 Å². The maximum absolute atomic E-state index is 10.3. The van der Waals surface area contributed by atoms with Crippen molar-refractivity contribution >= 4 is 6.16 Å². The third-order valence-corrected chi connectivity index (χ3v) is 2.37. The van der Waals surface area contributed by atoms with Gasteiger partial charge in [0, 0.05) is 0 Å². The van der Waals surface area contributed by atoms with Crippen molar-refractivity contribution < 1.29 is 14.6 Å². The van der Waals surface area contributed by atoms with Crippen molar-refractivity contribution in [1.82, 2.24) is 0 Å². The summed E-state index contributed by atoms with van der Waals surface area (Å²) in [5.41, 5.74) is 0. The van der Waals surface area contributed by atoms with E-state index in [4.69, 9.17) is 9.84 Å². The molecule has 0 aromatic heterocycles. The van der Waals surface area contributed by atoms with Gasteiger partial charge in [-0.2, -0.15) is 0 Å². The molecule has 1 rings (SSSR count). The van der Waals surface area contributed by atoms with Crippen LogP contribution in [0, 0.1) is 5.92 Å². The molecule has 0 aromatic carbocycles. The lowest BCUT2D eigenvalue weighted by Gasteiger charge is -2.17. The molecule has 0 saturated heterocycles. The highest BCUT2D eigenvalue weighted by molar-refractivity contribution is 5.57. The summed E-state index contributed by atoms with van der Waals surface area (Å²) in [6.07, 6.45) is 6.54. The summed E-state index contributed by atoms with van der Waals surface area (Å²) < 4.78 is 4.70. The van der Waals surface area contributed by atoms with E-state index in [0.717, 1.165) is 19.3 Å². The number of hydrogen-bond donors (Lipinski definition) is 1. The largest absolute Gasteiger partial charge is 0.506 e. The van der Waals surface area contributed by atoms with Gasteiger partial charge in [0.25, 0.3) is 0 Å². The van der Waals surface area contributed by atoms with Crippen molar-refractivity contribution in [3.05, 3.63) is 12.2 Å². The molecule has 0 saturated carbocycles. The number of hydrogen-bond acceptors (Lipinski definition) is 2. The zero-order valence-electron chi connectivity index (χ0n) is 7.90. The molecule has 0 aromatic rings. The van der Waals surface area contributed by atoms with Crippen molar-refractivity contribution in [3.8, 4) is 0 Å². The summed E-state index contributed by atoms with van der Waals surface area (Å²) >= 11 is 0. The average molecular weight is 184 g/mol. The van der Waals surface area contributed by atoms with Crippen LogP contribution in [0.2, 0.25) is 0 Å². The van der Waals surface area contributed by atoms with Gasteiger partial charge in [0.05, 0.1) is 0 Å². The summed E-state index contributed by atoms with van der Waals surface area (Å²) in [7, 11) is 0. The maximum atomic E-state index is 10.3. The number of carboxylic acid groups (broad SMARTS) is 1. The van der Waals surface area contributed by atoms with Crippen LogP contribution < -0.4 is 0 Å². The molecular formula is C10H16O3. The third kappa shape index (κ3) is 3.97. The predicted molar refractivity (Wildman–Crippen MR) is 49.7 cm³/mol. The highest BCUT2D eigenvalue weighted by Gasteiger charge is 2.13. The Hall–Kier alpha value is -0.990. The molecule has 3 nitrogen and oxygen atoms in total. The third-order valence-electron chi connectivity index (χ3n) is 2.37. The van der Waals surface area contributed by atoms with Gasteiger partial charge in [-0.1, -0.05) is 13.0 Å². The SMILES string of the molecule is CC1CCC=CC(OC(=O)O)CC1. The molecule has 0 aliphatic heterocycles. The topological polar surface area (TPSA) is 46.5 Å². The van der Waals surface area contributed by atoms with E-state index >= 15 is 0 Å². The van der Waals surface area contributed by atoms with Crippen LogP contribution in [0.5, 0.6) is 0 Å². The fourth-order valence-corrected chi connectivity index (χ4v) is 1.55. The molecule has 0 fully saturated rings. The highest BCUT2D eigenvalue weighted by atomic mass is 16.7. The molecule has 74 valence electrons. The highest BCUT2D eigenvalue weighted by Crippen LogP contribution is 2.19. The van der Waals surface area contributed by atoms with Crippen LogP contribution in [0.15, 0.2) is 12.2 Å². The maximum Gasteiger partial charge on any atom is 0.506 e. The van der Waals surface area contributed by atoms with Crippen molar-refractivity contribution in [3.63, 3.8) is 0 Å². The molecule has 0 amide bonds. The standard InChI is InChI=1S/C10H16O3/c1-8-4-2-3-5-9(7-6-8)13-10(11)12/h3,5,8-9H,2,4,6-7H2,1H3,(H,11,12). The van der Waals surface area contributed by atoms with E-state index in [-0.39, 0.29) is 6.10 Å². The molecule has 13 heavy (non-hydrogen) atoms. The fraction of sp³-hybridized carbons (Fsp3) is 0.700. The van der Waals surface area contributed by atoms with Gasteiger partial charge < -0.3 is 9.84 Å². The quantitative estimate of drug-likeness (QED) is 0.503. The first-order valence-electron chi connectivity index (χ1n) is 4.74. The van der Waals surface area contributed by atoms with Crippen LogP contribution in [0.25, 0.3) is 0 Å². The molecule has 1 aliphatic carbocycles. The molecule has 2 unspecified atom stereocenters. The molecule has 0 radical (unpaired) electrons. The van der Waals surface area contributed by atoms with E-state index < -0.39 is 6.16 Å². The monoisotopic (exact) mass is 184 g/mol. The number of allylic oxidation sites excluding steroid dienone is 1. The van der Waals surface area contributed by atoms with Gasteiger partial charge in [0.15, 0.2) is 0 Å². The van der Waals surface area contributed by atoms with Gasteiger partial charge in [-0.05, 0) is 37.7 Å². The molecular weight excluding hydrogens is 168 g/mol. The second-order valence-corrected chi connectivity index (χ2v) is 3.61. The van der Waals surface area contributed by atoms with Crippen LogP contribution in [0.4, 0.5) is 4.79 Å². The van der Waals surface area contributed by atoms with Gasteiger partial charge in [0.2, 0.25) is 0 Å². The second-order valence-electron chi connectivity index (χ2n) is 3.61. The van der Waals surface area contributed by atoms with E-state index in [1.54, 1.807) is 0 Å². The molecule has 3 heteroatoms. The number of carbonyl (C=O) groups is 1. The first-order valence-corrected chi connectivity index (χ1v) is 4.74. The minimum atomic E-state index is -1.18. The van der Waals surface area contributed by atoms with Crippen molar-refractivity contribution in [1.29, 1.82) is 0 Å². The minimum absolute atomic E-state index is 0.236. The van der Waals surface area contributed by atoms with Crippen LogP contribution in [-0.4, -0.2) is 17.4 Å². The van der Waals surface area contributed by atoms with Gasteiger partial charge in [-0.3, -0.25) is 0 Å². The summed E-state index contributed by atoms with van der Waals surface area (Å²) in [5.74, 6) is 0.671. The lowest BCUT2D eigenvalue weighted by molar-refractivity contribution is 0.0633. The number of ether oxygens (including phenoxy) is 1. The first kappa shape index (κ1) is 10.1. The average Bonchev–Trinajstić information content (AvgIpc) is 2.03. The van der Waals surface area contributed by atoms with E-state index in [1.165, 1.54) is 6.42 Å². The molecule has 0 heterocycles. The number of rotatable bonds is 1. The smallest absolute Gasteiger partial charge is 0.450 e. The summed E-state index contributed by atoms with van der Waals surface area (Å²) in [4.78, 5) is 10.3. The van der Waals surface area contributed by atoms with E-state index in [2.05, 4.69) is 6.92 Å². The van der Waals surface area contributed by atoms with Gasteiger partial charge in [-0.25, -0.2) is 4.79 Å². The van der Waals surface area contributed by atoms with Crippen LogP contribution in [0.3, 0.4) is 0 Å². The summed E-state index contributed by atoms with van der Waals surface area (Å²) in [6, 6.07) is 0. The molecule has 0 bridgehead atoms. The van der Waals surface area contributed by atoms with Gasteiger partial charge in [-0.15, -0.1) is 0 Å². The molecule has 1 N–H and O–H groups in total. The Kier molecular flexibility index (Phi) is 3.80. The second kappa shape index (κ2) is 4.90. The molecule has 2 atom stereocenters. The Bertz CT molecular complexity index is 198. The van der Waals surface area contributed by atoms with E-state index in [9.17, 15) is 4.79 Å². The Labute approximate surface area is 78.4 Å². The van der Waals surface area contributed by atoms with Crippen molar-refractivity contribution in [2.45, 2.75) is 38.7 Å². The molecule has 0 spiro atoms. The van der Waals surface area contributed by atoms with Gasteiger partial charge in [0.1, 0.15) is 6.10 Å². The Balaban J connectivity index is 2.44. The Morgan fingerprint density at radius 3 is 2.92 bits per heavy atom. The zero-order valence-corrected chi connectivity index (χ0v) is 7.90. The van der Waals surface area contributed by atoms with Crippen molar-refractivity contribution in [2.75, 3.05) is 0 Å². The summed E-state index contributed by atoms with van der Waals surface area (Å²) in [6.45, 7) is 2.19. The lowest BCUT2D eigenvalue weighted by Crippen LogP contribution is -2.16. The fourth-order valence-electron chi connectivity index (χ4n) is 1.55. The van der Waals surface area contributed by atoms with E-state index in [1.807, 2.05) is 12.2 Å². The van der Waals surface area contributed by atoms with Gasteiger partial charge >= 0.3 is 6.16 Å². The zero-order chi connectivity index (χ0) is 9.68. The van der Waals surface area contributed by atoms with Crippen LogP contribution >= 0.6 is 0 Å².